The van der Waals surface area contributed by atoms with Crippen LogP contribution in [0.1, 0.15) is 24.0 Å². The third-order valence-electron chi connectivity index (χ3n) is 4.30. The van der Waals surface area contributed by atoms with Crippen LogP contribution in [0.4, 0.5) is 17.5 Å². The highest BCUT2D eigenvalue weighted by atomic mass is 16.1. The standard InChI is InChI=1S/C22H26N6O/c1-17-12-13-23-21(16-17)26-20-11-10-19(27-28-20)24-14-15-25-22(29)9-5-8-18-6-3-2-4-7-18/h2-4,6-7,10-13,16H,5,8-9,14-15H2,1H3,(H,24,27)(H,25,29)(H,23,26,28). The van der Waals surface area contributed by atoms with Gasteiger partial charge in [0.1, 0.15) is 11.6 Å². The summed E-state index contributed by atoms with van der Waals surface area (Å²) in [5.41, 5.74) is 2.38. The van der Waals surface area contributed by atoms with Crippen LogP contribution in [0.5, 0.6) is 0 Å². The number of aromatic nitrogens is 3. The Morgan fingerprint density at radius 2 is 1.72 bits per heavy atom. The van der Waals surface area contributed by atoms with E-state index in [0.717, 1.165) is 24.2 Å². The van der Waals surface area contributed by atoms with Crippen molar-refractivity contribution in [2.75, 3.05) is 23.7 Å². The topological polar surface area (TPSA) is 91.8 Å². The van der Waals surface area contributed by atoms with Crippen molar-refractivity contribution in [3.63, 3.8) is 0 Å². The molecule has 3 aromatic rings. The molecule has 0 unspecified atom stereocenters. The van der Waals surface area contributed by atoms with Gasteiger partial charge in [0.15, 0.2) is 5.82 Å². The van der Waals surface area contributed by atoms with Crippen molar-refractivity contribution >= 4 is 23.4 Å². The van der Waals surface area contributed by atoms with E-state index in [2.05, 4.69) is 43.3 Å². The number of benzene rings is 1. The lowest BCUT2D eigenvalue weighted by Crippen LogP contribution is -2.28. The summed E-state index contributed by atoms with van der Waals surface area (Å²) >= 11 is 0. The average Bonchev–Trinajstić information content (AvgIpc) is 2.73. The number of rotatable bonds is 10. The second-order valence-corrected chi connectivity index (χ2v) is 6.76. The number of pyridine rings is 1. The number of aryl methyl sites for hydroxylation is 2. The first-order valence-corrected chi connectivity index (χ1v) is 9.77. The molecule has 2 heterocycles. The number of carbonyl (C=O) groups excluding carboxylic acids is 1. The molecule has 0 saturated carbocycles. The lowest BCUT2D eigenvalue weighted by atomic mass is 10.1. The summed E-state index contributed by atoms with van der Waals surface area (Å²) in [6.07, 6.45) is 4.04. The highest BCUT2D eigenvalue weighted by Gasteiger charge is 2.02. The molecule has 0 fully saturated rings. The highest BCUT2D eigenvalue weighted by molar-refractivity contribution is 5.75. The van der Waals surface area contributed by atoms with Crippen molar-refractivity contribution in [2.45, 2.75) is 26.2 Å². The van der Waals surface area contributed by atoms with Gasteiger partial charge in [-0.15, -0.1) is 10.2 Å². The molecule has 3 rings (SSSR count). The van der Waals surface area contributed by atoms with E-state index in [-0.39, 0.29) is 5.91 Å². The Morgan fingerprint density at radius 3 is 2.48 bits per heavy atom. The molecule has 150 valence electrons. The minimum atomic E-state index is 0.0685. The minimum Gasteiger partial charge on any atom is -0.367 e. The second kappa shape index (κ2) is 10.8. The molecule has 1 aromatic carbocycles. The van der Waals surface area contributed by atoms with Crippen LogP contribution in [-0.4, -0.2) is 34.2 Å². The molecule has 7 nitrogen and oxygen atoms in total. The summed E-state index contributed by atoms with van der Waals surface area (Å²) < 4.78 is 0. The van der Waals surface area contributed by atoms with E-state index in [4.69, 9.17) is 0 Å². The van der Waals surface area contributed by atoms with Gasteiger partial charge in [-0.3, -0.25) is 4.79 Å². The molecule has 0 spiro atoms. The molecule has 0 bridgehead atoms. The van der Waals surface area contributed by atoms with Crippen molar-refractivity contribution in [2.24, 2.45) is 0 Å². The number of nitrogens with zero attached hydrogens (tertiary/aromatic N) is 3. The molecule has 29 heavy (non-hydrogen) atoms. The molecular formula is C22H26N6O. The first-order valence-electron chi connectivity index (χ1n) is 9.77. The fraction of sp³-hybridized carbons (Fsp3) is 0.273. The average molecular weight is 390 g/mol. The predicted molar refractivity (Wildman–Crippen MR) is 115 cm³/mol. The Kier molecular flexibility index (Phi) is 7.51. The third kappa shape index (κ3) is 7.21. The molecule has 7 heteroatoms. The van der Waals surface area contributed by atoms with Gasteiger partial charge in [-0.2, -0.15) is 0 Å². The Bertz CT molecular complexity index is 899. The van der Waals surface area contributed by atoms with Crippen LogP contribution in [0.2, 0.25) is 0 Å². The van der Waals surface area contributed by atoms with Crippen molar-refractivity contribution < 1.29 is 4.79 Å². The van der Waals surface area contributed by atoms with Gasteiger partial charge in [-0.1, -0.05) is 30.3 Å². The summed E-state index contributed by atoms with van der Waals surface area (Å²) in [5.74, 6) is 2.08. The summed E-state index contributed by atoms with van der Waals surface area (Å²) in [6.45, 7) is 3.14. The Morgan fingerprint density at radius 1 is 0.931 bits per heavy atom. The maximum absolute atomic E-state index is 11.9. The first kappa shape index (κ1) is 20.3. The van der Waals surface area contributed by atoms with Crippen LogP contribution in [0.25, 0.3) is 0 Å². The Labute approximate surface area is 171 Å². The molecule has 0 saturated heterocycles. The summed E-state index contributed by atoms with van der Waals surface area (Å²) in [4.78, 5) is 16.1. The van der Waals surface area contributed by atoms with Gasteiger partial charge >= 0.3 is 0 Å². The second-order valence-electron chi connectivity index (χ2n) is 6.76. The van der Waals surface area contributed by atoms with Crippen LogP contribution in [0.15, 0.2) is 60.8 Å². The number of amides is 1. The third-order valence-corrected chi connectivity index (χ3v) is 4.30. The van der Waals surface area contributed by atoms with Crippen LogP contribution < -0.4 is 16.0 Å². The van der Waals surface area contributed by atoms with Gasteiger partial charge in [0.25, 0.3) is 0 Å². The number of hydrogen-bond donors (Lipinski definition) is 3. The Balaban J connectivity index is 1.31. The summed E-state index contributed by atoms with van der Waals surface area (Å²) in [5, 5.41) is 17.5. The molecular weight excluding hydrogens is 364 g/mol. The number of hydrogen-bond acceptors (Lipinski definition) is 6. The van der Waals surface area contributed by atoms with E-state index < -0.39 is 0 Å². The first-order chi connectivity index (χ1) is 14.2. The van der Waals surface area contributed by atoms with Crippen LogP contribution in [0.3, 0.4) is 0 Å². The van der Waals surface area contributed by atoms with Gasteiger partial charge in [0.05, 0.1) is 0 Å². The van der Waals surface area contributed by atoms with Gasteiger partial charge in [-0.25, -0.2) is 4.98 Å². The lowest BCUT2D eigenvalue weighted by Gasteiger charge is -2.08. The van der Waals surface area contributed by atoms with E-state index in [1.165, 1.54) is 5.56 Å². The largest absolute Gasteiger partial charge is 0.367 e. The van der Waals surface area contributed by atoms with E-state index in [9.17, 15) is 4.79 Å². The maximum atomic E-state index is 11.9. The zero-order chi connectivity index (χ0) is 20.3. The predicted octanol–water partition coefficient (Wildman–Crippen LogP) is 3.47. The van der Waals surface area contributed by atoms with E-state index in [0.29, 0.717) is 31.1 Å². The zero-order valence-corrected chi connectivity index (χ0v) is 16.6. The van der Waals surface area contributed by atoms with E-state index in [1.807, 2.05) is 49.4 Å². The normalized spacial score (nSPS) is 10.4. The highest BCUT2D eigenvalue weighted by Crippen LogP contribution is 2.13. The molecule has 0 aliphatic heterocycles. The van der Waals surface area contributed by atoms with Crippen LogP contribution >= 0.6 is 0 Å². The van der Waals surface area contributed by atoms with Crippen molar-refractivity contribution in [1.82, 2.24) is 20.5 Å². The van der Waals surface area contributed by atoms with Crippen molar-refractivity contribution in [1.29, 1.82) is 0 Å². The SMILES string of the molecule is Cc1ccnc(Nc2ccc(NCCNC(=O)CCCc3ccccc3)nn2)c1. The van der Waals surface area contributed by atoms with Crippen molar-refractivity contribution in [3.05, 3.63) is 71.9 Å². The fourth-order valence-corrected chi connectivity index (χ4v) is 2.81. The monoisotopic (exact) mass is 390 g/mol. The number of anilines is 3. The number of carbonyl (C=O) groups is 1. The smallest absolute Gasteiger partial charge is 0.220 e. The van der Waals surface area contributed by atoms with Gasteiger partial charge in [0, 0.05) is 25.7 Å². The molecule has 1 amide bonds. The molecule has 3 N–H and O–H groups in total. The molecule has 0 atom stereocenters. The van der Waals surface area contributed by atoms with Gasteiger partial charge in [0.2, 0.25) is 5.91 Å². The lowest BCUT2D eigenvalue weighted by molar-refractivity contribution is -0.121. The van der Waals surface area contributed by atoms with E-state index in [1.54, 1.807) is 6.20 Å². The van der Waals surface area contributed by atoms with Crippen LogP contribution in [0, 0.1) is 6.92 Å². The molecule has 0 aliphatic rings. The minimum absolute atomic E-state index is 0.0685. The molecule has 0 radical (unpaired) electrons. The Hall–Kier alpha value is -3.48. The summed E-state index contributed by atoms with van der Waals surface area (Å²) in [7, 11) is 0. The summed E-state index contributed by atoms with van der Waals surface area (Å²) in [6, 6.07) is 17.8. The fourth-order valence-electron chi connectivity index (χ4n) is 2.81. The zero-order valence-electron chi connectivity index (χ0n) is 16.6. The van der Waals surface area contributed by atoms with Crippen LogP contribution in [-0.2, 0) is 11.2 Å². The number of nitrogens with one attached hydrogen (secondary N) is 3. The van der Waals surface area contributed by atoms with E-state index >= 15 is 0 Å². The molecule has 0 aliphatic carbocycles. The molecule has 2 aromatic heterocycles. The van der Waals surface area contributed by atoms with Gasteiger partial charge in [-0.05, 0) is 55.2 Å². The van der Waals surface area contributed by atoms with Crippen molar-refractivity contribution in [3.8, 4) is 0 Å². The van der Waals surface area contributed by atoms with Gasteiger partial charge < -0.3 is 16.0 Å². The quantitative estimate of drug-likeness (QED) is 0.459. The maximum Gasteiger partial charge on any atom is 0.220 e.